The van der Waals surface area contributed by atoms with Crippen molar-refractivity contribution in [3.8, 4) is 0 Å². The molecule has 6 aliphatic rings. The molecule has 24 heteroatoms. The third-order valence-electron chi connectivity index (χ3n) is 14.5. The molecule has 6 aliphatic heterocycles. The molecule has 6 fully saturated rings. The molecule has 8 aromatic carbocycles. The third-order valence-corrected chi connectivity index (χ3v) is 69.0. The van der Waals surface area contributed by atoms with Gasteiger partial charge in [0.25, 0.3) is 0 Å². The molecule has 0 atom stereocenters. The van der Waals surface area contributed by atoms with Crippen LogP contribution in [0.4, 0.5) is 0 Å². The van der Waals surface area contributed by atoms with Crippen molar-refractivity contribution in [2.75, 3.05) is 0 Å². The Hall–Kier alpha value is -4.50. The summed E-state index contributed by atoms with van der Waals surface area (Å²) in [5.74, 6) is 0. The quantitative estimate of drug-likeness (QED) is 0.144. The van der Waals surface area contributed by atoms with E-state index in [1.54, 1.807) is 0 Å². The van der Waals surface area contributed by atoms with Crippen LogP contribution in [0.1, 0.15) is 13.8 Å². The van der Waals surface area contributed by atoms with Gasteiger partial charge in [0.05, 0.1) is 0 Å². The number of fused-ring (bicyclic) bond motifs is 4. The standard InChI is InChI=1S/C56H56Ge2O14Si8/c1-5-57(6-2)59-73(49-33-17-9-18-34-49)63-77(53-41-25-13-26-42-53)67-75(51-37-21-11-22-38-51)61-58(7-3,8-4)62-76(52-39-23-12-24-40-52)69-79(71-77,55-45-29-15-30-46-55)65-74(60-57,50-35-19-10-20-36-50)66-80(70-76,56-47-31-16-32-48-56)72-78(64-73,68-75)54-43-27-14-28-44-54/h5,7,9-48H,1,3,6,8H2,2,4H3. The Morgan fingerprint density at radius 3 is 0.525 bits per heavy atom. The second-order valence-electron chi connectivity index (χ2n) is 19.5. The first kappa shape index (κ1) is 54.7. The van der Waals surface area contributed by atoms with Crippen molar-refractivity contribution in [2.45, 2.75) is 24.4 Å². The minimum absolute atomic E-state index is 0.306. The molecule has 0 N–H and O–H groups in total. The van der Waals surface area contributed by atoms with Gasteiger partial charge in [-0.3, -0.25) is 0 Å². The molecular weight excluding hydrogens is 1270 g/mol. The first-order valence-electron chi connectivity index (χ1n) is 26.5. The normalized spacial score (nSPS) is 34.6. The minimum atomic E-state index is -5.14. The summed E-state index contributed by atoms with van der Waals surface area (Å²) >= 11 is -10.00. The summed E-state index contributed by atoms with van der Waals surface area (Å²) in [4.78, 5) is 3.62. The predicted molar refractivity (Wildman–Crippen MR) is 323 cm³/mol. The van der Waals surface area contributed by atoms with E-state index in [4.69, 9.17) is 55.0 Å². The zero-order valence-corrected chi connectivity index (χ0v) is 56.0. The number of rotatable bonds is 12. The van der Waals surface area contributed by atoms with Crippen molar-refractivity contribution in [1.82, 2.24) is 0 Å². The monoisotopic (exact) mass is 1320 g/mol. The van der Waals surface area contributed by atoms with Gasteiger partial charge in [-0.25, -0.2) is 0 Å². The van der Waals surface area contributed by atoms with E-state index in [9.17, 15) is 0 Å². The van der Waals surface area contributed by atoms with E-state index in [2.05, 4.69) is 13.2 Å². The van der Waals surface area contributed by atoms with Crippen LogP contribution in [0.3, 0.4) is 0 Å². The van der Waals surface area contributed by atoms with E-state index in [-0.39, 0.29) is 0 Å². The number of hydrogen-bond acceptors (Lipinski definition) is 14. The van der Waals surface area contributed by atoms with Gasteiger partial charge in [0.2, 0.25) is 0 Å². The topological polar surface area (TPSA) is 129 Å². The van der Waals surface area contributed by atoms with Crippen LogP contribution in [0, 0.1) is 0 Å². The fourth-order valence-electron chi connectivity index (χ4n) is 10.5. The molecule has 6 heterocycles. The van der Waals surface area contributed by atoms with Crippen LogP contribution in [-0.4, -0.2) is 98.3 Å². The summed E-state index contributed by atoms with van der Waals surface area (Å²) in [6, 6.07) is 77.3. The molecular formula is C56H56Ge2O14Si8. The molecule has 8 aromatic rings. The molecule has 14 nitrogen and oxygen atoms in total. The summed E-state index contributed by atoms with van der Waals surface area (Å²) in [7, 11) is -40.4. The Kier molecular flexibility index (Phi) is 14.6. The van der Waals surface area contributed by atoms with Crippen LogP contribution < -0.4 is 41.5 Å². The number of benzene rings is 8. The Labute approximate surface area is 481 Å². The fraction of sp³-hybridized carbons (Fsp3) is 0.0714. The first-order chi connectivity index (χ1) is 39.0. The van der Waals surface area contributed by atoms with Gasteiger partial charge in [0, 0.05) is 0 Å². The van der Waals surface area contributed by atoms with Gasteiger partial charge >= 0.3 is 485 Å². The van der Waals surface area contributed by atoms with Crippen molar-refractivity contribution in [2.24, 2.45) is 0 Å². The van der Waals surface area contributed by atoms with E-state index < -0.39 is 98.3 Å². The van der Waals surface area contributed by atoms with Gasteiger partial charge in [0.1, 0.15) is 0 Å². The van der Waals surface area contributed by atoms with Crippen LogP contribution in [-0.2, 0) is 55.0 Å². The Bertz CT molecular complexity index is 3020. The molecule has 0 aromatic heterocycles. The van der Waals surface area contributed by atoms with Gasteiger partial charge in [0.15, 0.2) is 0 Å². The molecule has 0 aliphatic carbocycles. The summed E-state index contributed by atoms with van der Waals surface area (Å²) < 4.78 is 117. The molecule has 404 valence electrons. The van der Waals surface area contributed by atoms with Gasteiger partial charge in [-0.1, -0.05) is 0 Å². The summed E-state index contributed by atoms with van der Waals surface area (Å²) in [6.45, 7) is 13.2. The molecule has 8 bridgehead atoms. The SMILES string of the molecule is C=[CH][Ge]1([CH2]C)[O][Si]2(c3ccccc3)O[Si]3(c4ccccc4)O[Si]4(c5ccccc5)O[Si](c5ccccc5)(O[Si]5(c6ccccc6)O[Si](c6ccccc6)(O2)O[Si](c2ccccc2)(O3)[O][Ge]([CH]=C)([CH2]C)[O][Si](c2ccccc2)(O4)O5)[O]1. The van der Waals surface area contributed by atoms with Crippen LogP contribution in [0.15, 0.2) is 266 Å². The van der Waals surface area contributed by atoms with Crippen LogP contribution in [0.2, 0.25) is 10.5 Å². The summed E-state index contributed by atoms with van der Waals surface area (Å²) in [5, 5.41) is 4.81. The van der Waals surface area contributed by atoms with E-state index in [0.717, 1.165) is 0 Å². The summed E-state index contributed by atoms with van der Waals surface area (Å²) in [5.41, 5.74) is 0. The van der Waals surface area contributed by atoms with E-state index >= 15 is 0 Å². The zero-order chi connectivity index (χ0) is 54.6. The Balaban J connectivity index is 1.34. The molecule has 0 radical (unpaired) electrons. The molecule has 6 saturated heterocycles. The fourth-order valence-corrected chi connectivity index (χ4v) is 81.7. The van der Waals surface area contributed by atoms with Crippen molar-refractivity contribution in [3.05, 3.63) is 266 Å². The molecule has 0 amide bonds. The summed E-state index contributed by atoms with van der Waals surface area (Å²) in [6.07, 6.45) is 0. The maximum absolute atomic E-state index is 8.48. The van der Waals surface area contributed by atoms with E-state index in [0.29, 0.717) is 52.0 Å². The zero-order valence-electron chi connectivity index (χ0n) is 43.8. The van der Waals surface area contributed by atoms with E-state index in [1.807, 2.05) is 266 Å². The van der Waals surface area contributed by atoms with Crippen molar-refractivity contribution >= 4 is 140 Å². The average molecular weight is 1320 g/mol. The van der Waals surface area contributed by atoms with Crippen molar-refractivity contribution in [3.63, 3.8) is 0 Å². The van der Waals surface area contributed by atoms with Crippen LogP contribution >= 0.6 is 0 Å². The average Bonchev–Trinajstić information content (AvgIpc) is 3.69. The predicted octanol–water partition coefficient (Wildman–Crippen LogP) is 5.43. The van der Waals surface area contributed by atoms with Crippen molar-refractivity contribution in [1.29, 1.82) is 0 Å². The Morgan fingerprint density at radius 1 is 0.250 bits per heavy atom. The third kappa shape index (κ3) is 9.33. The molecule has 14 rings (SSSR count). The Morgan fingerprint density at radius 2 is 0.388 bits per heavy atom. The second-order valence-corrected chi connectivity index (χ2v) is 58.7. The molecule has 0 unspecified atom stereocenters. The molecule has 0 spiro atoms. The second kappa shape index (κ2) is 21.3. The molecule has 80 heavy (non-hydrogen) atoms. The van der Waals surface area contributed by atoms with Gasteiger partial charge in [-0.15, -0.1) is 0 Å². The first-order valence-corrected chi connectivity index (χ1v) is 49.1. The van der Waals surface area contributed by atoms with Crippen LogP contribution in [0.5, 0.6) is 0 Å². The number of hydrogen-bond donors (Lipinski definition) is 0. The van der Waals surface area contributed by atoms with E-state index in [1.165, 1.54) is 0 Å². The van der Waals surface area contributed by atoms with Gasteiger partial charge in [-0.05, 0) is 0 Å². The van der Waals surface area contributed by atoms with Crippen molar-refractivity contribution < 1.29 is 55.0 Å². The van der Waals surface area contributed by atoms with Crippen LogP contribution in [0.25, 0.3) is 0 Å². The van der Waals surface area contributed by atoms with Gasteiger partial charge < -0.3 is 0 Å². The van der Waals surface area contributed by atoms with Gasteiger partial charge in [-0.2, -0.15) is 0 Å². The molecule has 0 saturated carbocycles. The maximum atomic E-state index is 8.48.